The van der Waals surface area contributed by atoms with Crippen LogP contribution in [0.1, 0.15) is 35.7 Å². The predicted octanol–water partition coefficient (Wildman–Crippen LogP) is 3.31. The molecule has 2 heterocycles. The Morgan fingerprint density at radius 1 is 1.24 bits per heavy atom. The third-order valence-electron chi connectivity index (χ3n) is 4.70. The first-order chi connectivity index (χ1) is 12.1. The van der Waals surface area contributed by atoms with Crippen LogP contribution >= 0.6 is 0 Å². The van der Waals surface area contributed by atoms with Gasteiger partial charge in [0.1, 0.15) is 11.5 Å². The maximum Gasteiger partial charge on any atom is 0.227 e. The van der Waals surface area contributed by atoms with E-state index in [4.69, 9.17) is 9.47 Å². The van der Waals surface area contributed by atoms with E-state index in [1.807, 2.05) is 42.2 Å². The lowest BCUT2D eigenvalue weighted by molar-refractivity contribution is -0.131. The lowest BCUT2D eigenvalue weighted by Gasteiger charge is -2.26. The summed E-state index contributed by atoms with van der Waals surface area (Å²) < 4.78 is 10.8. The number of ether oxygens (including phenoxy) is 2. The van der Waals surface area contributed by atoms with Gasteiger partial charge in [-0.15, -0.1) is 0 Å². The van der Waals surface area contributed by atoms with Crippen LogP contribution in [-0.2, 0) is 11.2 Å². The number of hydrogen-bond donors (Lipinski definition) is 0. The standard InChI is InChI=1S/C20H24N2O3/c1-14-6-7-15(13-21-14)11-20(23)22-10-4-5-18(22)17-9-8-16(24-2)12-19(17)25-3/h6-9,12-13,18H,4-5,10-11H2,1-3H3. The zero-order valence-corrected chi connectivity index (χ0v) is 15.0. The van der Waals surface area contributed by atoms with E-state index in [0.29, 0.717) is 6.42 Å². The molecule has 5 heteroatoms. The monoisotopic (exact) mass is 340 g/mol. The Morgan fingerprint density at radius 2 is 2.08 bits per heavy atom. The van der Waals surface area contributed by atoms with Gasteiger partial charge in [0.15, 0.2) is 0 Å². The van der Waals surface area contributed by atoms with E-state index in [9.17, 15) is 4.79 Å². The molecule has 25 heavy (non-hydrogen) atoms. The third-order valence-corrected chi connectivity index (χ3v) is 4.70. The lowest BCUT2D eigenvalue weighted by atomic mass is 10.0. The Balaban J connectivity index is 1.80. The van der Waals surface area contributed by atoms with Crippen molar-refractivity contribution in [3.05, 3.63) is 53.3 Å². The number of benzene rings is 1. The van der Waals surface area contributed by atoms with E-state index >= 15 is 0 Å². The number of hydrogen-bond acceptors (Lipinski definition) is 4. The van der Waals surface area contributed by atoms with Crippen LogP contribution in [0.3, 0.4) is 0 Å². The number of methoxy groups -OCH3 is 2. The van der Waals surface area contributed by atoms with Crippen molar-refractivity contribution >= 4 is 5.91 Å². The van der Waals surface area contributed by atoms with E-state index in [1.165, 1.54) is 0 Å². The van der Waals surface area contributed by atoms with Crippen LogP contribution in [0.4, 0.5) is 0 Å². The Hall–Kier alpha value is -2.56. The number of nitrogens with zero attached hydrogens (tertiary/aromatic N) is 2. The number of aryl methyl sites for hydroxylation is 1. The molecule has 1 saturated heterocycles. The van der Waals surface area contributed by atoms with Crippen molar-refractivity contribution in [2.45, 2.75) is 32.2 Å². The minimum absolute atomic E-state index is 0.0479. The maximum atomic E-state index is 12.8. The van der Waals surface area contributed by atoms with Crippen molar-refractivity contribution in [3.8, 4) is 11.5 Å². The van der Waals surface area contributed by atoms with Gasteiger partial charge in [0.05, 0.1) is 26.7 Å². The molecule has 0 aliphatic carbocycles. The summed E-state index contributed by atoms with van der Waals surface area (Å²) in [5.74, 6) is 1.65. The molecule has 1 aromatic heterocycles. The van der Waals surface area contributed by atoms with Gasteiger partial charge < -0.3 is 14.4 Å². The van der Waals surface area contributed by atoms with Gasteiger partial charge in [-0.25, -0.2) is 0 Å². The number of carbonyl (C=O) groups is 1. The molecule has 1 atom stereocenters. The highest BCUT2D eigenvalue weighted by atomic mass is 16.5. The Labute approximate surface area is 148 Å². The summed E-state index contributed by atoms with van der Waals surface area (Å²) in [5.41, 5.74) is 2.94. The normalized spacial score (nSPS) is 16.8. The van der Waals surface area contributed by atoms with E-state index in [2.05, 4.69) is 4.98 Å². The topological polar surface area (TPSA) is 51.7 Å². The minimum Gasteiger partial charge on any atom is -0.497 e. The van der Waals surface area contributed by atoms with Gasteiger partial charge in [0, 0.05) is 30.1 Å². The Morgan fingerprint density at radius 3 is 2.76 bits per heavy atom. The number of aromatic nitrogens is 1. The van der Waals surface area contributed by atoms with E-state index in [1.54, 1.807) is 20.4 Å². The van der Waals surface area contributed by atoms with Crippen molar-refractivity contribution in [1.29, 1.82) is 0 Å². The molecule has 0 bridgehead atoms. The maximum absolute atomic E-state index is 12.8. The molecule has 2 aromatic rings. The summed E-state index contributed by atoms with van der Waals surface area (Å²) in [4.78, 5) is 19.1. The van der Waals surface area contributed by atoms with Crippen LogP contribution in [0.2, 0.25) is 0 Å². The van der Waals surface area contributed by atoms with E-state index in [0.717, 1.165) is 47.7 Å². The number of amides is 1. The largest absolute Gasteiger partial charge is 0.497 e. The summed E-state index contributed by atoms with van der Waals surface area (Å²) >= 11 is 0. The van der Waals surface area contributed by atoms with Gasteiger partial charge in [0.2, 0.25) is 5.91 Å². The molecule has 0 N–H and O–H groups in total. The molecule has 5 nitrogen and oxygen atoms in total. The third kappa shape index (κ3) is 3.76. The second-order valence-corrected chi connectivity index (χ2v) is 6.34. The summed E-state index contributed by atoms with van der Waals surface area (Å²) in [6.45, 7) is 2.72. The molecule has 1 amide bonds. The highest BCUT2D eigenvalue weighted by Crippen LogP contribution is 2.38. The smallest absolute Gasteiger partial charge is 0.227 e. The summed E-state index contributed by atoms with van der Waals surface area (Å²) in [5, 5.41) is 0. The molecule has 132 valence electrons. The first-order valence-electron chi connectivity index (χ1n) is 8.55. The zero-order chi connectivity index (χ0) is 17.8. The fraction of sp³-hybridized carbons (Fsp3) is 0.400. The number of likely N-dealkylation sites (tertiary alicyclic amines) is 1. The molecule has 1 fully saturated rings. The molecule has 0 saturated carbocycles. The van der Waals surface area contributed by atoms with Gasteiger partial charge in [0.25, 0.3) is 0 Å². The molecule has 0 spiro atoms. The molecule has 1 aliphatic heterocycles. The Kier molecular flexibility index (Phi) is 5.22. The quantitative estimate of drug-likeness (QED) is 0.838. The Bertz CT molecular complexity index is 743. The first-order valence-corrected chi connectivity index (χ1v) is 8.55. The molecule has 1 aromatic carbocycles. The van der Waals surface area contributed by atoms with Gasteiger partial charge in [-0.05, 0) is 43.5 Å². The highest BCUT2D eigenvalue weighted by Gasteiger charge is 2.31. The molecular weight excluding hydrogens is 316 g/mol. The predicted molar refractivity (Wildman–Crippen MR) is 95.9 cm³/mol. The minimum atomic E-state index is 0.0479. The van der Waals surface area contributed by atoms with Gasteiger partial charge in [-0.3, -0.25) is 9.78 Å². The van der Waals surface area contributed by atoms with Crippen molar-refractivity contribution < 1.29 is 14.3 Å². The molecular formula is C20H24N2O3. The van der Waals surface area contributed by atoms with Crippen molar-refractivity contribution in [3.63, 3.8) is 0 Å². The molecule has 3 rings (SSSR count). The first kappa shape index (κ1) is 17.3. The number of carbonyl (C=O) groups excluding carboxylic acids is 1. The summed E-state index contributed by atoms with van der Waals surface area (Å²) in [6.07, 6.45) is 4.10. The van der Waals surface area contributed by atoms with Gasteiger partial charge in [-0.1, -0.05) is 6.07 Å². The SMILES string of the molecule is COc1ccc(C2CCCN2C(=O)Cc2ccc(C)nc2)c(OC)c1. The van der Waals surface area contributed by atoms with Crippen LogP contribution < -0.4 is 9.47 Å². The van der Waals surface area contributed by atoms with E-state index < -0.39 is 0 Å². The zero-order valence-electron chi connectivity index (χ0n) is 15.0. The summed E-state index contributed by atoms with van der Waals surface area (Å²) in [6, 6.07) is 9.76. The van der Waals surface area contributed by atoms with Crippen LogP contribution in [0, 0.1) is 6.92 Å². The van der Waals surface area contributed by atoms with Crippen LogP contribution in [0.5, 0.6) is 11.5 Å². The highest BCUT2D eigenvalue weighted by molar-refractivity contribution is 5.79. The number of pyridine rings is 1. The van der Waals surface area contributed by atoms with E-state index in [-0.39, 0.29) is 11.9 Å². The second kappa shape index (κ2) is 7.55. The van der Waals surface area contributed by atoms with Crippen LogP contribution in [-0.4, -0.2) is 36.6 Å². The van der Waals surface area contributed by atoms with Gasteiger partial charge in [-0.2, -0.15) is 0 Å². The second-order valence-electron chi connectivity index (χ2n) is 6.34. The average molecular weight is 340 g/mol. The van der Waals surface area contributed by atoms with Crippen molar-refractivity contribution in [2.75, 3.05) is 20.8 Å². The number of rotatable bonds is 5. The lowest BCUT2D eigenvalue weighted by Crippen LogP contribution is -2.32. The summed E-state index contributed by atoms with van der Waals surface area (Å²) in [7, 11) is 3.28. The molecule has 1 aliphatic rings. The average Bonchev–Trinajstić information content (AvgIpc) is 3.12. The van der Waals surface area contributed by atoms with Crippen molar-refractivity contribution in [1.82, 2.24) is 9.88 Å². The fourth-order valence-electron chi connectivity index (χ4n) is 3.36. The molecule has 0 radical (unpaired) electrons. The molecule has 1 unspecified atom stereocenters. The van der Waals surface area contributed by atoms with Gasteiger partial charge >= 0.3 is 0 Å². The fourth-order valence-corrected chi connectivity index (χ4v) is 3.36. The van der Waals surface area contributed by atoms with Crippen LogP contribution in [0.15, 0.2) is 36.5 Å². The van der Waals surface area contributed by atoms with Crippen LogP contribution in [0.25, 0.3) is 0 Å². The van der Waals surface area contributed by atoms with Crippen molar-refractivity contribution in [2.24, 2.45) is 0 Å².